The van der Waals surface area contributed by atoms with Gasteiger partial charge in [-0.15, -0.1) is 0 Å². The van der Waals surface area contributed by atoms with Gasteiger partial charge in [0.05, 0.1) is 12.7 Å². The first-order valence-corrected chi connectivity index (χ1v) is 6.91. The van der Waals surface area contributed by atoms with Crippen LogP contribution in [0.5, 0.6) is 0 Å². The van der Waals surface area contributed by atoms with Gasteiger partial charge in [-0.25, -0.2) is 9.59 Å². The Morgan fingerprint density at radius 2 is 1.90 bits per heavy atom. The highest BCUT2D eigenvalue weighted by Gasteiger charge is 2.20. The first-order valence-electron chi connectivity index (χ1n) is 6.91. The molecule has 1 aromatic rings. The van der Waals surface area contributed by atoms with E-state index in [1.807, 2.05) is 44.2 Å². The standard InChI is InChI=1S/C15H22N2O4/c1-11(2)21-9-8-16-15(20)17-13(14(18)19)10-12-6-4-3-5-7-12/h3-7,11,13H,8-10H2,1-2H3,(H,18,19)(H2,16,17,20). The Kier molecular flexibility index (Phi) is 7.25. The number of hydrogen-bond donors (Lipinski definition) is 3. The third-order valence-electron chi connectivity index (χ3n) is 2.72. The van der Waals surface area contributed by atoms with Crippen molar-refractivity contribution in [2.24, 2.45) is 0 Å². The van der Waals surface area contributed by atoms with E-state index in [0.717, 1.165) is 5.56 Å². The van der Waals surface area contributed by atoms with Crippen molar-refractivity contribution in [3.8, 4) is 0 Å². The summed E-state index contributed by atoms with van der Waals surface area (Å²) in [6, 6.07) is 7.70. The van der Waals surface area contributed by atoms with Crippen LogP contribution in [0, 0.1) is 0 Å². The monoisotopic (exact) mass is 294 g/mol. The predicted octanol–water partition coefficient (Wildman–Crippen LogP) is 1.41. The first-order chi connectivity index (χ1) is 9.99. The maximum atomic E-state index is 11.7. The zero-order valence-corrected chi connectivity index (χ0v) is 12.3. The fourth-order valence-electron chi connectivity index (χ4n) is 1.72. The maximum absolute atomic E-state index is 11.7. The zero-order chi connectivity index (χ0) is 15.7. The van der Waals surface area contributed by atoms with Gasteiger partial charge in [-0.1, -0.05) is 30.3 Å². The lowest BCUT2D eigenvalue weighted by atomic mass is 10.1. The van der Waals surface area contributed by atoms with E-state index in [1.54, 1.807) is 0 Å². The Hall–Kier alpha value is -2.08. The van der Waals surface area contributed by atoms with Crippen LogP contribution in [0.4, 0.5) is 4.79 Å². The lowest BCUT2D eigenvalue weighted by Crippen LogP contribution is -2.47. The van der Waals surface area contributed by atoms with E-state index in [9.17, 15) is 9.59 Å². The molecule has 1 rings (SSSR count). The Balaban J connectivity index is 2.40. The summed E-state index contributed by atoms with van der Waals surface area (Å²) in [4.78, 5) is 22.8. The van der Waals surface area contributed by atoms with Crippen molar-refractivity contribution in [1.29, 1.82) is 0 Å². The number of carboxylic acid groups (broad SMARTS) is 1. The van der Waals surface area contributed by atoms with Crippen LogP contribution in [-0.4, -0.2) is 42.4 Å². The highest BCUT2D eigenvalue weighted by Crippen LogP contribution is 2.03. The molecule has 0 aromatic heterocycles. The van der Waals surface area contributed by atoms with E-state index in [2.05, 4.69) is 10.6 Å². The second-order valence-electron chi connectivity index (χ2n) is 4.90. The van der Waals surface area contributed by atoms with Crippen molar-refractivity contribution in [2.45, 2.75) is 32.4 Å². The van der Waals surface area contributed by atoms with Gasteiger partial charge in [0, 0.05) is 13.0 Å². The molecule has 0 fully saturated rings. The van der Waals surface area contributed by atoms with Crippen LogP contribution >= 0.6 is 0 Å². The van der Waals surface area contributed by atoms with Crippen molar-refractivity contribution in [3.05, 3.63) is 35.9 Å². The number of aliphatic carboxylic acids is 1. The molecule has 116 valence electrons. The summed E-state index contributed by atoms with van der Waals surface area (Å²) < 4.78 is 5.28. The van der Waals surface area contributed by atoms with E-state index in [1.165, 1.54) is 0 Å². The number of nitrogens with one attached hydrogen (secondary N) is 2. The van der Waals surface area contributed by atoms with Crippen molar-refractivity contribution in [3.63, 3.8) is 0 Å². The molecule has 0 saturated carbocycles. The normalized spacial score (nSPS) is 12.0. The van der Waals surface area contributed by atoms with Gasteiger partial charge in [0.1, 0.15) is 6.04 Å². The molecule has 1 aromatic carbocycles. The molecule has 3 N–H and O–H groups in total. The molecule has 0 saturated heterocycles. The number of urea groups is 1. The molecule has 0 heterocycles. The third-order valence-corrected chi connectivity index (χ3v) is 2.72. The Labute approximate surface area is 124 Å². The third kappa shape index (κ3) is 7.31. The Bertz CT molecular complexity index is 448. The summed E-state index contributed by atoms with van der Waals surface area (Å²) in [5.41, 5.74) is 0.855. The average Bonchev–Trinajstić information content (AvgIpc) is 2.44. The van der Waals surface area contributed by atoms with Gasteiger partial charge in [-0.3, -0.25) is 0 Å². The van der Waals surface area contributed by atoms with Crippen LogP contribution in [0.15, 0.2) is 30.3 Å². The fourth-order valence-corrected chi connectivity index (χ4v) is 1.72. The van der Waals surface area contributed by atoms with Crippen LogP contribution in [0.3, 0.4) is 0 Å². The average molecular weight is 294 g/mol. The summed E-state index contributed by atoms with van der Waals surface area (Å²) >= 11 is 0. The van der Waals surface area contributed by atoms with Crippen LogP contribution in [0.2, 0.25) is 0 Å². The zero-order valence-electron chi connectivity index (χ0n) is 12.3. The second-order valence-corrected chi connectivity index (χ2v) is 4.90. The molecule has 0 aliphatic rings. The summed E-state index contributed by atoms with van der Waals surface area (Å²) in [5, 5.41) is 14.2. The number of carbonyl (C=O) groups excluding carboxylic acids is 1. The number of amides is 2. The number of carboxylic acids is 1. The molecule has 0 spiro atoms. The fraction of sp³-hybridized carbons (Fsp3) is 0.467. The van der Waals surface area contributed by atoms with Crippen molar-refractivity contribution >= 4 is 12.0 Å². The SMILES string of the molecule is CC(C)OCCNC(=O)NC(Cc1ccccc1)C(=O)O. The summed E-state index contributed by atoms with van der Waals surface area (Å²) in [5.74, 6) is -1.06. The lowest BCUT2D eigenvalue weighted by molar-refractivity contribution is -0.139. The topological polar surface area (TPSA) is 87.7 Å². The lowest BCUT2D eigenvalue weighted by Gasteiger charge is -2.15. The van der Waals surface area contributed by atoms with E-state index >= 15 is 0 Å². The van der Waals surface area contributed by atoms with Crippen molar-refractivity contribution < 1.29 is 19.4 Å². The highest BCUT2D eigenvalue weighted by atomic mass is 16.5. The molecule has 0 radical (unpaired) electrons. The van der Waals surface area contributed by atoms with E-state index < -0.39 is 18.0 Å². The van der Waals surface area contributed by atoms with E-state index in [4.69, 9.17) is 9.84 Å². The van der Waals surface area contributed by atoms with E-state index in [-0.39, 0.29) is 12.5 Å². The number of ether oxygens (including phenoxy) is 1. The van der Waals surface area contributed by atoms with Crippen LogP contribution in [-0.2, 0) is 16.0 Å². The number of benzene rings is 1. The largest absolute Gasteiger partial charge is 0.480 e. The maximum Gasteiger partial charge on any atom is 0.326 e. The van der Waals surface area contributed by atoms with Crippen LogP contribution in [0.25, 0.3) is 0 Å². The molecule has 0 aliphatic carbocycles. The highest BCUT2D eigenvalue weighted by molar-refractivity contribution is 5.82. The molecule has 1 atom stereocenters. The summed E-state index contributed by atoms with van der Waals surface area (Å²) in [6.07, 6.45) is 0.339. The Morgan fingerprint density at radius 3 is 2.48 bits per heavy atom. The van der Waals surface area contributed by atoms with Gasteiger partial charge in [0.2, 0.25) is 0 Å². The molecular weight excluding hydrogens is 272 g/mol. The van der Waals surface area contributed by atoms with Gasteiger partial charge in [0.25, 0.3) is 0 Å². The van der Waals surface area contributed by atoms with Gasteiger partial charge >= 0.3 is 12.0 Å². The van der Waals surface area contributed by atoms with Gasteiger partial charge in [0.15, 0.2) is 0 Å². The molecular formula is C15H22N2O4. The van der Waals surface area contributed by atoms with Crippen molar-refractivity contribution in [2.75, 3.05) is 13.2 Å². The second kappa shape index (κ2) is 8.97. The van der Waals surface area contributed by atoms with E-state index in [0.29, 0.717) is 13.2 Å². The quantitative estimate of drug-likeness (QED) is 0.633. The molecule has 0 bridgehead atoms. The molecule has 21 heavy (non-hydrogen) atoms. The number of hydrogen-bond acceptors (Lipinski definition) is 3. The van der Waals surface area contributed by atoms with Crippen LogP contribution < -0.4 is 10.6 Å². The Morgan fingerprint density at radius 1 is 1.24 bits per heavy atom. The minimum absolute atomic E-state index is 0.0970. The molecule has 6 nitrogen and oxygen atoms in total. The van der Waals surface area contributed by atoms with Gasteiger partial charge < -0.3 is 20.5 Å². The first kappa shape index (κ1) is 17.0. The molecule has 1 unspecified atom stereocenters. The molecule has 6 heteroatoms. The van der Waals surface area contributed by atoms with Crippen molar-refractivity contribution in [1.82, 2.24) is 10.6 Å². The summed E-state index contributed by atoms with van der Waals surface area (Å²) in [7, 11) is 0. The van der Waals surface area contributed by atoms with Gasteiger partial charge in [-0.2, -0.15) is 0 Å². The van der Waals surface area contributed by atoms with Crippen LogP contribution in [0.1, 0.15) is 19.4 Å². The minimum Gasteiger partial charge on any atom is -0.480 e. The predicted molar refractivity (Wildman–Crippen MR) is 79.2 cm³/mol. The molecule has 2 amide bonds. The molecule has 0 aliphatic heterocycles. The smallest absolute Gasteiger partial charge is 0.326 e. The summed E-state index contributed by atoms with van der Waals surface area (Å²) in [6.45, 7) is 4.53. The number of rotatable bonds is 8. The minimum atomic E-state index is -1.06. The number of carbonyl (C=O) groups is 2. The van der Waals surface area contributed by atoms with Gasteiger partial charge in [-0.05, 0) is 19.4 Å².